The normalized spacial score (nSPS) is 11.3. The molecule has 2 heteroatoms. The average Bonchev–Trinajstić information content (AvgIpc) is 3.79. The fourth-order valence-electron chi connectivity index (χ4n) is 9.38. The zero-order chi connectivity index (χ0) is 43.8. The minimum atomic E-state index is 0.911. The molecule has 2 nitrogen and oxygen atoms in total. The molecule has 1 aromatic heterocycles. The number of hydrogen-bond donors (Lipinski definition) is 0. The maximum Gasteiger partial charge on any atom is 0.143 e. The van der Waals surface area contributed by atoms with E-state index in [9.17, 15) is 0 Å². The van der Waals surface area contributed by atoms with Crippen molar-refractivity contribution in [1.29, 1.82) is 0 Å². The predicted molar refractivity (Wildman–Crippen MR) is 279 cm³/mol. The maximum absolute atomic E-state index is 6.36. The zero-order valence-corrected chi connectivity index (χ0v) is 36.2. The Morgan fingerprint density at radius 3 is 1.15 bits per heavy atom. The van der Waals surface area contributed by atoms with Gasteiger partial charge in [0.1, 0.15) is 11.2 Å². The molecule has 0 atom stereocenters. The van der Waals surface area contributed by atoms with Crippen LogP contribution in [0.3, 0.4) is 0 Å². The molecule has 12 rings (SSSR count). The van der Waals surface area contributed by atoms with Crippen LogP contribution in [0.25, 0.3) is 99.5 Å². The highest BCUT2D eigenvalue weighted by Crippen LogP contribution is 2.40. The first kappa shape index (κ1) is 38.9. The standard InChI is InChI=1S/C64H43NO/c1-2-9-44(10-3-1)46-17-19-47(20-18-46)50-31-37-57(38-32-50)65(58-39-33-51(34-40-58)48-21-23-53(24-22-48)56-30-27-45-11-4-5-12-55(45)43-56)59-41-35-52(36-42-59)49-25-28-54(29-26-49)60-14-8-15-62-61-13-6-7-16-63(61)66-64(60)62/h1-43H. The van der Waals surface area contributed by atoms with Crippen LogP contribution >= 0.6 is 0 Å². The topological polar surface area (TPSA) is 16.4 Å². The molecule has 0 aliphatic heterocycles. The summed E-state index contributed by atoms with van der Waals surface area (Å²) in [6.07, 6.45) is 0. The van der Waals surface area contributed by atoms with Crippen LogP contribution in [-0.2, 0) is 0 Å². The smallest absolute Gasteiger partial charge is 0.143 e. The Labute approximate surface area is 384 Å². The molecule has 0 spiro atoms. The van der Waals surface area contributed by atoms with E-state index in [0.29, 0.717) is 0 Å². The zero-order valence-electron chi connectivity index (χ0n) is 36.2. The van der Waals surface area contributed by atoms with E-state index in [-0.39, 0.29) is 0 Å². The lowest BCUT2D eigenvalue weighted by molar-refractivity contribution is 0.670. The number of fused-ring (bicyclic) bond motifs is 4. The number of benzene rings is 11. The van der Waals surface area contributed by atoms with Crippen molar-refractivity contribution >= 4 is 49.8 Å². The lowest BCUT2D eigenvalue weighted by Crippen LogP contribution is -2.09. The molecule has 0 saturated heterocycles. The van der Waals surface area contributed by atoms with Gasteiger partial charge in [0.05, 0.1) is 0 Å². The Morgan fingerprint density at radius 1 is 0.242 bits per heavy atom. The average molecular weight is 842 g/mol. The summed E-state index contributed by atoms with van der Waals surface area (Å²) in [7, 11) is 0. The van der Waals surface area contributed by atoms with E-state index in [1.54, 1.807) is 0 Å². The van der Waals surface area contributed by atoms with Crippen molar-refractivity contribution in [3.63, 3.8) is 0 Å². The highest BCUT2D eigenvalue weighted by Gasteiger charge is 2.16. The summed E-state index contributed by atoms with van der Waals surface area (Å²) in [5, 5.41) is 4.79. The molecule has 0 radical (unpaired) electrons. The fourth-order valence-corrected chi connectivity index (χ4v) is 9.38. The monoisotopic (exact) mass is 841 g/mol. The van der Waals surface area contributed by atoms with Gasteiger partial charge in [-0.15, -0.1) is 0 Å². The van der Waals surface area contributed by atoms with Crippen molar-refractivity contribution in [2.45, 2.75) is 0 Å². The van der Waals surface area contributed by atoms with Gasteiger partial charge in [-0.1, -0.05) is 212 Å². The summed E-state index contributed by atoms with van der Waals surface area (Å²) in [6, 6.07) is 93.8. The molecule has 0 aliphatic carbocycles. The molecular formula is C64H43NO. The molecule has 310 valence electrons. The molecule has 0 unspecified atom stereocenters. The van der Waals surface area contributed by atoms with Gasteiger partial charge in [0.25, 0.3) is 0 Å². The second-order valence-electron chi connectivity index (χ2n) is 16.9. The fraction of sp³-hybridized carbons (Fsp3) is 0. The number of para-hydroxylation sites is 2. The number of hydrogen-bond acceptors (Lipinski definition) is 2. The van der Waals surface area contributed by atoms with E-state index >= 15 is 0 Å². The second-order valence-corrected chi connectivity index (χ2v) is 16.9. The van der Waals surface area contributed by atoms with Crippen LogP contribution in [0, 0.1) is 0 Å². The minimum absolute atomic E-state index is 0.911. The van der Waals surface area contributed by atoms with Crippen LogP contribution < -0.4 is 4.90 Å². The molecular weight excluding hydrogens is 799 g/mol. The van der Waals surface area contributed by atoms with Gasteiger partial charge in [0.2, 0.25) is 0 Å². The summed E-state index contributed by atoms with van der Waals surface area (Å²) < 4.78 is 6.36. The van der Waals surface area contributed by atoms with Crippen molar-refractivity contribution < 1.29 is 4.42 Å². The van der Waals surface area contributed by atoms with Crippen LogP contribution in [0.1, 0.15) is 0 Å². The first-order chi connectivity index (χ1) is 32.7. The maximum atomic E-state index is 6.36. The summed E-state index contributed by atoms with van der Waals surface area (Å²) in [5.41, 5.74) is 19.2. The molecule has 0 bridgehead atoms. The molecule has 0 amide bonds. The number of nitrogens with zero attached hydrogens (tertiary/aromatic N) is 1. The Balaban J connectivity index is 0.843. The van der Waals surface area contributed by atoms with Gasteiger partial charge in [-0.3, -0.25) is 0 Å². The molecule has 0 fully saturated rings. The molecule has 1 heterocycles. The molecule has 0 saturated carbocycles. The molecule has 12 aromatic rings. The number of rotatable bonds is 9. The second kappa shape index (κ2) is 16.8. The van der Waals surface area contributed by atoms with Gasteiger partial charge >= 0.3 is 0 Å². The van der Waals surface area contributed by atoms with Gasteiger partial charge in [-0.05, 0) is 121 Å². The Bertz CT molecular complexity index is 3630. The Morgan fingerprint density at radius 2 is 0.621 bits per heavy atom. The minimum Gasteiger partial charge on any atom is -0.455 e. The third-order valence-electron chi connectivity index (χ3n) is 12.9. The molecule has 66 heavy (non-hydrogen) atoms. The Kier molecular flexibility index (Phi) is 9.89. The van der Waals surface area contributed by atoms with Gasteiger partial charge < -0.3 is 9.32 Å². The summed E-state index contributed by atoms with van der Waals surface area (Å²) >= 11 is 0. The van der Waals surface area contributed by atoms with Crippen LogP contribution in [-0.4, -0.2) is 0 Å². The third-order valence-corrected chi connectivity index (χ3v) is 12.9. The lowest BCUT2D eigenvalue weighted by Gasteiger charge is -2.26. The van der Waals surface area contributed by atoms with E-state index in [1.165, 1.54) is 55.3 Å². The van der Waals surface area contributed by atoms with Crippen LogP contribution in [0.2, 0.25) is 0 Å². The van der Waals surface area contributed by atoms with Crippen molar-refractivity contribution in [3.05, 3.63) is 261 Å². The SMILES string of the molecule is c1ccc(-c2ccc(-c3ccc(N(c4ccc(-c5ccc(-c6ccc7ccccc7c6)cc5)cc4)c4ccc(-c5ccc(-c6cccc7c6oc6ccccc67)cc5)cc4)cc3)cc2)cc1. The first-order valence-corrected chi connectivity index (χ1v) is 22.6. The number of furan rings is 1. The van der Waals surface area contributed by atoms with Gasteiger partial charge in [0, 0.05) is 33.4 Å². The van der Waals surface area contributed by atoms with E-state index in [2.05, 4.69) is 254 Å². The summed E-state index contributed by atoms with van der Waals surface area (Å²) in [5.74, 6) is 0. The van der Waals surface area contributed by atoms with Crippen molar-refractivity contribution in [2.75, 3.05) is 4.90 Å². The van der Waals surface area contributed by atoms with Crippen LogP contribution in [0.5, 0.6) is 0 Å². The summed E-state index contributed by atoms with van der Waals surface area (Å²) in [4.78, 5) is 2.34. The van der Waals surface area contributed by atoms with E-state index in [4.69, 9.17) is 4.42 Å². The van der Waals surface area contributed by atoms with Gasteiger partial charge in [0.15, 0.2) is 0 Å². The number of anilines is 3. The van der Waals surface area contributed by atoms with Crippen molar-refractivity contribution in [1.82, 2.24) is 0 Å². The predicted octanol–water partition coefficient (Wildman–Crippen LogP) is 18.2. The van der Waals surface area contributed by atoms with Crippen LogP contribution in [0.4, 0.5) is 17.1 Å². The first-order valence-electron chi connectivity index (χ1n) is 22.6. The third kappa shape index (κ3) is 7.41. The highest BCUT2D eigenvalue weighted by molar-refractivity contribution is 6.09. The molecule has 11 aromatic carbocycles. The molecule has 0 N–H and O–H groups in total. The lowest BCUT2D eigenvalue weighted by atomic mass is 9.98. The van der Waals surface area contributed by atoms with E-state index < -0.39 is 0 Å². The summed E-state index contributed by atoms with van der Waals surface area (Å²) in [6.45, 7) is 0. The quantitative estimate of drug-likeness (QED) is 0.144. The molecule has 0 aliphatic rings. The van der Waals surface area contributed by atoms with Gasteiger partial charge in [-0.2, -0.15) is 0 Å². The van der Waals surface area contributed by atoms with Crippen molar-refractivity contribution in [3.8, 4) is 66.8 Å². The highest BCUT2D eigenvalue weighted by atomic mass is 16.3. The van der Waals surface area contributed by atoms with Crippen molar-refractivity contribution in [2.24, 2.45) is 0 Å². The van der Waals surface area contributed by atoms with E-state index in [1.807, 2.05) is 12.1 Å². The largest absolute Gasteiger partial charge is 0.455 e. The van der Waals surface area contributed by atoms with E-state index in [0.717, 1.165) is 61.3 Å². The van der Waals surface area contributed by atoms with Crippen LogP contribution in [0.15, 0.2) is 265 Å². The van der Waals surface area contributed by atoms with Gasteiger partial charge in [-0.25, -0.2) is 0 Å². The Hall–Kier alpha value is -8.72.